The van der Waals surface area contributed by atoms with E-state index in [-0.39, 0.29) is 9.81 Å². The van der Waals surface area contributed by atoms with E-state index in [2.05, 4.69) is 11.6 Å². The molecule has 0 spiro atoms. The molecule has 0 amide bonds. The highest BCUT2D eigenvalue weighted by Gasteiger charge is 2.56. The molecule has 0 radical (unpaired) electrons. The average Bonchev–Trinajstić information content (AvgIpc) is 2.70. The largest absolute Gasteiger partial charge is 0.735 e. The zero-order valence-electron chi connectivity index (χ0n) is 16.1. The van der Waals surface area contributed by atoms with Gasteiger partial charge in [0.2, 0.25) is 9.15 Å². The molecule has 7 nitrogen and oxygen atoms in total. The van der Waals surface area contributed by atoms with Gasteiger partial charge in [0.05, 0.1) is 25.7 Å². The third kappa shape index (κ3) is 3.77. The molecule has 5 atom stereocenters. The van der Waals surface area contributed by atoms with Gasteiger partial charge in [-0.15, -0.1) is 6.58 Å². The monoisotopic (exact) mass is 436 g/mol. The van der Waals surface area contributed by atoms with Crippen LogP contribution in [0.3, 0.4) is 0 Å². The smallest absolute Gasteiger partial charge is 0.203 e. The molecule has 5 rings (SSSR count). The summed E-state index contributed by atoms with van der Waals surface area (Å²) in [7, 11) is -2.54. The summed E-state index contributed by atoms with van der Waals surface area (Å²) in [5, 5.41) is 12.2. The summed E-state index contributed by atoms with van der Waals surface area (Å²) in [5.74, 6) is 1.11. The second-order valence-electron chi connectivity index (χ2n) is 7.82. The molecule has 0 saturated carbocycles. The van der Waals surface area contributed by atoms with Crippen LogP contribution in [0.1, 0.15) is 24.5 Å². The lowest BCUT2D eigenvalue weighted by Gasteiger charge is -2.55. The Morgan fingerprint density at radius 2 is 2.24 bits per heavy atom. The fourth-order valence-corrected chi connectivity index (χ4v) is 7.91. The molecule has 2 bridgehead atoms. The number of hydrogen-bond acceptors (Lipinski definition) is 7. The standard InChI is InChI=1S/C20H24N2O5S2/c1-3-13-12-22(28-29(24,25)26)9-7-14(13)10-19(22)20(23)16-6-8-21-18-5-4-15(27-2)11-17(16)18/h3-6,8,11,13-14,19-20,23H,1,7,9-10,12H2,2H3. The number of rotatable bonds is 6. The van der Waals surface area contributed by atoms with Gasteiger partial charge >= 0.3 is 0 Å². The van der Waals surface area contributed by atoms with E-state index >= 15 is 0 Å². The van der Waals surface area contributed by atoms with Gasteiger partial charge in [-0.1, -0.05) is 6.08 Å². The van der Waals surface area contributed by atoms with E-state index in [0.717, 1.165) is 17.3 Å². The van der Waals surface area contributed by atoms with Crippen molar-refractivity contribution in [2.75, 3.05) is 20.2 Å². The SMILES string of the molecule is C=CC1C[N+]2(SS(=O)(=O)[O-])CCC1CC2C(O)c1ccnc2ccc(OC)cc12. The molecule has 0 aliphatic carbocycles. The summed E-state index contributed by atoms with van der Waals surface area (Å²) < 4.78 is 40.5. The fraction of sp³-hybridized carbons (Fsp3) is 0.450. The van der Waals surface area contributed by atoms with Gasteiger partial charge in [-0.2, -0.15) is 0 Å². The summed E-state index contributed by atoms with van der Waals surface area (Å²) in [6.45, 7) is 4.90. The molecule has 1 N–H and O–H groups in total. The van der Waals surface area contributed by atoms with Crippen LogP contribution in [-0.4, -0.2) is 53.2 Å². The van der Waals surface area contributed by atoms with Crippen LogP contribution in [0.2, 0.25) is 0 Å². The summed E-state index contributed by atoms with van der Waals surface area (Å²) in [6.07, 6.45) is 4.00. The molecular formula is C20H24N2O5S2. The number of aliphatic hydroxyl groups is 1. The normalized spacial score (nSPS) is 30.2. The van der Waals surface area contributed by atoms with Gasteiger partial charge < -0.3 is 14.4 Å². The maximum atomic E-state index is 11.7. The van der Waals surface area contributed by atoms with Gasteiger partial charge in [-0.3, -0.25) is 4.98 Å². The zero-order valence-corrected chi connectivity index (χ0v) is 17.7. The van der Waals surface area contributed by atoms with Crippen molar-refractivity contribution in [3.8, 4) is 5.75 Å². The van der Waals surface area contributed by atoms with Crippen molar-refractivity contribution in [3.63, 3.8) is 0 Å². The minimum atomic E-state index is -4.54. The van der Waals surface area contributed by atoms with E-state index in [1.54, 1.807) is 25.4 Å². The van der Waals surface area contributed by atoms with Crippen LogP contribution in [0.5, 0.6) is 5.75 Å². The maximum Gasteiger partial charge on any atom is 0.203 e. The summed E-state index contributed by atoms with van der Waals surface area (Å²) in [4.78, 5) is 4.36. The first-order valence-corrected chi connectivity index (χ1v) is 12.2. The van der Waals surface area contributed by atoms with Crippen LogP contribution in [0, 0.1) is 11.8 Å². The van der Waals surface area contributed by atoms with Gasteiger partial charge in [-0.25, -0.2) is 12.3 Å². The topological polar surface area (TPSA) is 99.6 Å². The molecule has 2 aromatic rings. The van der Waals surface area contributed by atoms with Gasteiger partial charge in [0.1, 0.15) is 17.9 Å². The first-order valence-electron chi connectivity index (χ1n) is 9.53. The summed E-state index contributed by atoms with van der Waals surface area (Å²) in [6, 6.07) is 6.81. The lowest BCUT2D eigenvalue weighted by molar-refractivity contribution is -0.850. The highest BCUT2D eigenvalue weighted by Crippen LogP contribution is 2.52. The Morgan fingerprint density at radius 3 is 2.93 bits per heavy atom. The highest BCUT2D eigenvalue weighted by atomic mass is 33.2. The van der Waals surface area contributed by atoms with E-state index in [9.17, 15) is 18.1 Å². The van der Waals surface area contributed by atoms with Crippen LogP contribution < -0.4 is 4.74 Å². The molecule has 5 unspecified atom stereocenters. The van der Waals surface area contributed by atoms with Crippen molar-refractivity contribution in [2.24, 2.45) is 11.8 Å². The number of aromatic nitrogens is 1. The van der Waals surface area contributed by atoms with Crippen molar-refractivity contribution < 1.29 is 26.7 Å². The second kappa shape index (κ2) is 7.55. The molecule has 9 heteroatoms. The Balaban J connectivity index is 1.79. The van der Waals surface area contributed by atoms with Crippen molar-refractivity contribution in [1.82, 2.24) is 4.98 Å². The number of benzene rings is 1. The average molecular weight is 437 g/mol. The highest BCUT2D eigenvalue weighted by molar-refractivity contribution is 8.67. The van der Waals surface area contributed by atoms with E-state index in [1.165, 1.54) is 0 Å². The number of nitrogens with zero attached hydrogens (tertiary/aromatic N) is 2. The van der Waals surface area contributed by atoms with E-state index < -0.39 is 21.3 Å². The number of aliphatic hydroxyl groups excluding tert-OH is 1. The molecule has 3 aliphatic heterocycles. The molecule has 1 aromatic heterocycles. The Morgan fingerprint density at radius 1 is 1.45 bits per heavy atom. The third-order valence-electron chi connectivity index (χ3n) is 6.36. The number of pyridine rings is 1. The number of piperidine rings is 3. The van der Waals surface area contributed by atoms with E-state index in [1.807, 2.05) is 18.2 Å². The predicted molar refractivity (Wildman–Crippen MR) is 111 cm³/mol. The van der Waals surface area contributed by atoms with Crippen LogP contribution in [0.15, 0.2) is 43.1 Å². The van der Waals surface area contributed by atoms with Crippen LogP contribution in [0.4, 0.5) is 0 Å². The number of fused-ring (bicyclic) bond motifs is 4. The molecule has 3 aliphatic rings. The third-order valence-corrected chi connectivity index (χ3v) is 8.88. The molecule has 3 fully saturated rings. The Labute approximate surface area is 174 Å². The van der Waals surface area contributed by atoms with Crippen molar-refractivity contribution in [1.29, 1.82) is 0 Å². The van der Waals surface area contributed by atoms with Crippen molar-refractivity contribution in [3.05, 3.63) is 48.7 Å². The van der Waals surface area contributed by atoms with Crippen LogP contribution in [-0.2, 0) is 9.15 Å². The number of ether oxygens (including phenoxy) is 1. The van der Waals surface area contributed by atoms with Crippen molar-refractivity contribution >= 4 is 31.0 Å². The summed E-state index contributed by atoms with van der Waals surface area (Å²) >= 11 is 0. The Hall–Kier alpha value is -1.65. The Bertz CT molecular complexity index is 1040. The van der Waals surface area contributed by atoms with Crippen LogP contribution in [0.25, 0.3) is 10.9 Å². The predicted octanol–water partition coefficient (Wildman–Crippen LogP) is 2.80. The van der Waals surface area contributed by atoms with E-state index in [4.69, 9.17) is 4.74 Å². The molecular weight excluding hydrogens is 412 g/mol. The number of hydrogen-bond donors (Lipinski definition) is 1. The zero-order chi connectivity index (χ0) is 20.8. The van der Waals surface area contributed by atoms with Crippen LogP contribution >= 0.6 is 11.0 Å². The molecule has 29 heavy (non-hydrogen) atoms. The van der Waals surface area contributed by atoms with Gasteiger partial charge in [0.15, 0.2) is 11.0 Å². The Kier molecular flexibility index (Phi) is 5.37. The number of quaternary nitrogens is 1. The summed E-state index contributed by atoms with van der Waals surface area (Å²) in [5.41, 5.74) is 1.39. The minimum Gasteiger partial charge on any atom is -0.735 e. The molecule has 1 aromatic carbocycles. The van der Waals surface area contributed by atoms with Gasteiger partial charge in [0.25, 0.3) is 0 Å². The molecule has 3 saturated heterocycles. The molecule has 156 valence electrons. The quantitative estimate of drug-likeness (QED) is 0.244. The molecule has 4 heterocycles. The first-order chi connectivity index (χ1) is 13.8. The maximum absolute atomic E-state index is 11.7. The van der Waals surface area contributed by atoms with Gasteiger partial charge in [-0.05, 0) is 35.7 Å². The number of methoxy groups -OCH3 is 1. The van der Waals surface area contributed by atoms with E-state index in [0.29, 0.717) is 47.7 Å². The van der Waals surface area contributed by atoms with Gasteiger partial charge in [0, 0.05) is 30.3 Å². The minimum absolute atomic E-state index is 0.00791. The lowest BCUT2D eigenvalue weighted by atomic mass is 9.73. The van der Waals surface area contributed by atoms with Crippen molar-refractivity contribution in [2.45, 2.75) is 25.0 Å². The fourth-order valence-electron chi connectivity index (χ4n) is 4.99. The lowest BCUT2D eigenvalue weighted by Crippen LogP contribution is -2.64. The second-order valence-corrected chi connectivity index (χ2v) is 11.2. The first kappa shape index (κ1) is 20.6.